The Balaban J connectivity index is 2.49. The van der Waals surface area contributed by atoms with Crippen LogP contribution in [0.25, 0.3) is 0 Å². The highest BCUT2D eigenvalue weighted by atomic mass is 32.2. The first-order valence-corrected chi connectivity index (χ1v) is 7.96. The Morgan fingerprint density at radius 3 is 2.47 bits per heavy atom. The molecule has 1 fully saturated rings. The highest BCUT2D eigenvalue weighted by molar-refractivity contribution is 8.00. The topological polar surface area (TPSA) is 72.2 Å². The maximum atomic E-state index is 11.7. The molecule has 0 aromatic heterocycles. The summed E-state index contributed by atoms with van der Waals surface area (Å²) in [6.07, 6.45) is 5.45. The van der Waals surface area contributed by atoms with E-state index in [9.17, 15) is 8.42 Å². The molecule has 0 aliphatic heterocycles. The van der Waals surface area contributed by atoms with Crippen LogP contribution >= 0.6 is 11.8 Å². The van der Waals surface area contributed by atoms with Crippen LogP contribution in [0.1, 0.15) is 26.2 Å². The molecule has 0 saturated heterocycles. The molecule has 0 aromatic rings. The number of rotatable bonds is 6. The first kappa shape index (κ1) is 13.3. The maximum Gasteiger partial charge on any atom is 0.215 e. The van der Waals surface area contributed by atoms with Gasteiger partial charge in [-0.3, -0.25) is 0 Å². The van der Waals surface area contributed by atoms with Gasteiger partial charge in [0, 0.05) is 17.8 Å². The van der Waals surface area contributed by atoms with Gasteiger partial charge in [-0.1, -0.05) is 6.42 Å². The van der Waals surface area contributed by atoms with Gasteiger partial charge in [-0.2, -0.15) is 11.8 Å². The van der Waals surface area contributed by atoms with Gasteiger partial charge in [-0.25, -0.2) is 13.1 Å². The average Bonchev–Trinajstić information content (AvgIpc) is 2.15. The molecule has 1 saturated carbocycles. The monoisotopic (exact) mass is 252 g/mol. The predicted molar refractivity (Wildman–Crippen MR) is 65.5 cm³/mol. The van der Waals surface area contributed by atoms with Crippen molar-refractivity contribution in [1.29, 1.82) is 0 Å². The zero-order valence-corrected chi connectivity index (χ0v) is 11.0. The van der Waals surface area contributed by atoms with Crippen molar-refractivity contribution in [3.8, 4) is 0 Å². The van der Waals surface area contributed by atoms with Crippen molar-refractivity contribution < 1.29 is 8.42 Å². The number of nitrogens with one attached hydrogen (secondary N) is 1. The highest BCUT2D eigenvalue weighted by Gasteiger charge is 2.37. The molecule has 0 heterocycles. The van der Waals surface area contributed by atoms with E-state index in [0.717, 1.165) is 12.8 Å². The zero-order chi connectivity index (χ0) is 11.5. The predicted octanol–water partition coefficient (Wildman–Crippen LogP) is 0.539. The first-order chi connectivity index (χ1) is 6.96. The van der Waals surface area contributed by atoms with Crippen LogP contribution in [0, 0.1) is 0 Å². The number of sulfonamides is 1. The summed E-state index contributed by atoms with van der Waals surface area (Å²) >= 11 is 1.76. The zero-order valence-electron chi connectivity index (χ0n) is 9.32. The van der Waals surface area contributed by atoms with Gasteiger partial charge in [0.15, 0.2) is 0 Å². The van der Waals surface area contributed by atoms with Gasteiger partial charge in [-0.05, 0) is 26.0 Å². The molecule has 1 unspecified atom stereocenters. The molecule has 15 heavy (non-hydrogen) atoms. The van der Waals surface area contributed by atoms with Crippen LogP contribution in [0.3, 0.4) is 0 Å². The van der Waals surface area contributed by atoms with Crippen LogP contribution in [0.5, 0.6) is 0 Å². The lowest BCUT2D eigenvalue weighted by Gasteiger charge is -2.40. The third-order valence-electron chi connectivity index (χ3n) is 3.15. The minimum absolute atomic E-state index is 0.140. The summed E-state index contributed by atoms with van der Waals surface area (Å²) in [5.41, 5.74) is 5.35. The summed E-state index contributed by atoms with van der Waals surface area (Å²) in [7, 11) is -3.22. The van der Waals surface area contributed by atoms with Crippen LogP contribution in [0.2, 0.25) is 0 Å². The third kappa shape index (κ3) is 3.09. The van der Waals surface area contributed by atoms with Crippen molar-refractivity contribution in [3.05, 3.63) is 0 Å². The third-order valence-corrected chi connectivity index (χ3v) is 6.37. The molecule has 3 N–H and O–H groups in total. The smallest absolute Gasteiger partial charge is 0.215 e. The van der Waals surface area contributed by atoms with Crippen LogP contribution in [0.15, 0.2) is 0 Å². The fourth-order valence-electron chi connectivity index (χ4n) is 1.53. The lowest BCUT2D eigenvalue weighted by atomic mass is 9.84. The van der Waals surface area contributed by atoms with Crippen molar-refractivity contribution in [3.63, 3.8) is 0 Å². The second kappa shape index (κ2) is 5.03. The van der Waals surface area contributed by atoms with Crippen molar-refractivity contribution >= 4 is 21.8 Å². The van der Waals surface area contributed by atoms with Crippen molar-refractivity contribution in [2.45, 2.75) is 36.2 Å². The quantitative estimate of drug-likeness (QED) is 0.723. The molecule has 90 valence electrons. The second-order valence-corrected chi connectivity index (χ2v) is 7.61. The second-order valence-electron chi connectivity index (χ2n) is 4.15. The molecule has 0 aromatic carbocycles. The van der Waals surface area contributed by atoms with E-state index in [1.807, 2.05) is 6.26 Å². The van der Waals surface area contributed by atoms with Crippen LogP contribution in [-0.4, -0.2) is 37.8 Å². The van der Waals surface area contributed by atoms with Gasteiger partial charge in [0.25, 0.3) is 0 Å². The van der Waals surface area contributed by atoms with E-state index in [1.54, 1.807) is 18.7 Å². The van der Waals surface area contributed by atoms with E-state index in [0.29, 0.717) is 6.54 Å². The SMILES string of the molecule is CSC1(CNS(=O)(=O)C(C)CN)CCC1. The Hall–Kier alpha value is 0.220. The summed E-state index contributed by atoms with van der Waals surface area (Å²) in [5.74, 6) is 0. The number of hydrogen-bond donors (Lipinski definition) is 2. The van der Waals surface area contributed by atoms with Crippen molar-refractivity contribution in [2.75, 3.05) is 19.3 Å². The van der Waals surface area contributed by atoms with Crippen molar-refractivity contribution in [1.82, 2.24) is 4.72 Å². The van der Waals surface area contributed by atoms with Crippen LogP contribution < -0.4 is 10.5 Å². The molecule has 1 rings (SSSR count). The van der Waals surface area contributed by atoms with E-state index in [2.05, 4.69) is 4.72 Å². The minimum atomic E-state index is -3.22. The van der Waals surface area contributed by atoms with Gasteiger partial charge < -0.3 is 5.73 Å². The van der Waals surface area contributed by atoms with E-state index in [1.165, 1.54) is 6.42 Å². The molecular weight excluding hydrogens is 232 g/mol. The molecule has 0 radical (unpaired) electrons. The number of nitrogens with two attached hydrogens (primary N) is 1. The molecule has 4 nitrogen and oxygen atoms in total. The summed E-state index contributed by atoms with van der Waals surface area (Å²) < 4.78 is 26.1. The summed E-state index contributed by atoms with van der Waals surface area (Å²) in [6.45, 7) is 2.34. The summed E-state index contributed by atoms with van der Waals surface area (Å²) in [6, 6.07) is 0. The van der Waals surface area contributed by atoms with Gasteiger partial charge in [0.2, 0.25) is 10.0 Å². The lowest BCUT2D eigenvalue weighted by molar-refractivity contribution is 0.361. The first-order valence-electron chi connectivity index (χ1n) is 5.19. The largest absolute Gasteiger partial charge is 0.329 e. The highest BCUT2D eigenvalue weighted by Crippen LogP contribution is 2.42. The standard InChI is InChI=1S/C9H20N2O2S2/c1-8(6-10)15(12,13)11-7-9(14-2)4-3-5-9/h8,11H,3-7,10H2,1-2H3. The maximum absolute atomic E-state index is 11.7. The molecule has 1 aliphatic rings. The van der Waals surface area contributed by atoms with Gasteiger partial charge in [-0.15, -0.1) is 0 Å². The van der Waals surface area contributed by atoms with E-state index in [-0.39, 0.29) is 11.3 Å². The number of hydrogen-bond acceptors (Lipinski definition) is 4. The number of thioether (sulfide) groups is 1. The van der Waals surface area contributed by atoms with E-state index in [4.69, 9.17) is 5.73 Å². The Morgan fingerprint density at radius 2 is 2.13 bits per heavy atom. The fourth-order valence-corrected chi connectivity index (χ4v) is 3.55. The van der Waals surface area contributed by atoms with Crippen LogP contribution in [-0.2, 0) is 10.0 Å². The normalized spacial score (nSPS) is 22.1. The molecular formula is C9H20N2O2S2. The fraction of sp³-hybridized carbons (Fsp3) is 1.00. The Kier molecular flexibility index (Phi) is 4.46. The van der Waals surface area contributed by atoms with Gasteiger partial charge in [0.1, 0.15) is 0 Å². The molecule has 0 amide bonds. The van der Waals surface area contributed by atoms with Gasteiger partial charge in [0.05, 0.1) is 5.25 Å². The Labute approximate surface area is 96.4 Å². The average molecular weight is 252 g/mol. The molecule has 1 atom stereocenters. The molecule has 0 bridgehead atoms. The Bertz CT molecular complexity index is 294. The molecule has 6 heteroatoms. The van der Waals surface area contributed by atoms with Gasteiger partial charge >= 0.3 is 0 Å². The summed E-state index contributed by atoms with van der Waals surface area (Å²) in [4.78, 5) is 0. The Morgan fingerprint density at radius 1 is 1.53 bits per heavy atom. The molecule has 1 aliphatic carbocycles. The lowest BCUT2D eigenvalue weighted by Crippen LogP contribution is -2.48. The van der Waals surface area contributed by atoms with E-state index < -0.39 is 15.3 Å². The minimum Gasteiger partial charge on any atom is -0.329 e. The van der Waals surface area contributed by atoms with E-state index >= 15 is 0 Å². The van der Waals surface area contributed by atoms with Crippen LogP contribution in [0.4, 0.5) is 0 Å². The molecule has 0 spiro atoms. The van der Waals surface area contributed by atoms with Crippen molar-refractivity contribution in [2.24, 2.45) is 5.73 Å². The summed E-state index contributed by atoms with van der Waals surface area (Å²) in [5, 5.41) is -0.503.